The second-order valence-corrected chi connectivity index (χ2v) is 20.4. The molecular formula is C45H75N3O33. The minimum Gasteiger partial charge on any atom is -0.477 e. The predicted molar refractivity (Wildman–Crippen MR) is 250 cm³/mol. The molecule has 0 aromatic heterocycles. The molecule has 468 valence electrons. The van der Waals surface area contributed by atoms with Crippen molar-refractivity contribution < 1.29 is 163 Å². The lowest BCUT2D eigenvalue weighted by Gasteiger charge is -2.52. The van der Waals surface area contributed by atoms with Crippen molar-refractivity contribution in [2.24, 2.45) is 0 Å². The Morgan fingerprint density at radius 3 is 1.48 bits per heavy atom. The van der Waals surface area contributed by atoms with Crippen LogP contribution in [0, 0.1) is 0 Å². The van der Waals surface area contributed by atoms with E-state index in [1.165, 1.54) is 6.92 Å². The van der Waals surface area contributed by atoms with E-state index in [0.717, 1.165) is 20.8 Å². The Labute approximate surface area is 459 Å². The molecule has 6 aliphatic rings. The number of hydrogen-bond donors (Lipinski definition) is 21. The summed E-state index contributed by atoms with van der Waals surface area (Å²) in [6.07, 6.45) is -56.2. The minimum absolute atomic E-state index is 0.778. The number of hydrogen-bond acceptors (Lipinski definition) is 32. The van der Waals surface area contributed by atoms with Gasteiger partial charge in [-0.05, 0) is 6.92 Å². The number of aliphatic hydroxyl groups is 17. The van der Waals surface area contributed by atoms with Crippen LogP contribution in [0.25, 0.3) is 0 Å². The monoisotopic (exact) mass is 1190 g/mol. The normalized spacial score (nSPS) is 46.7. The molecule has 0 aliphatic carbocycles. The molecule has 1 unspecified atom stereocenters. The Morgan fingerprint density at radius 2 is 0.951 bits per heavy atom. The number of nitrogens with one attached hydrogen (secondary N) is 3. The summed E-state index contributed by atoms with van der Waals surface area (Å²) in [7, 11) is 0. The molecule has 21 N–H and O–H groups in total. The number of carboxylic acid groups (broad SMARTS) is 1. The maximum Gasteiger partial charge on any atom is 0.364 e. The van der Waals surface area contributed by atoms with Crippen molar-refractivity contribution in [2.75, 3.05) is 33.0 Å². The van der Waals surface area contributed by atoms with Gasteiger partial charge in [-0.1, -0.05) is 0 Å². The average molecular weight is 1190 g/mol. The minimum atomic E-state index is -3.26. The Morgan fingerprint density at radius 1 is 0.506 bits per heavy atom. The Balaban J connectivity index is 1.38. The summed E-state index contributed by atoms with van der Waals surface area (Å²) in [5.74, 6) is -7.95. The number of ether oxygens (including phenoxy) is 11. The van der Waals surface area contributed by atoms with Gasteiger partial charge in [-0.2, -0.15) is 0 Å². The summed E-state index contributed by atoms with van der Waals surface area (Å²) in [6.45, 7) is -1.31. The van der Waals surface area contributed by atoms with Crippen molar-refractivity contribution in [1.29, 1.82) is 0 Å². The molecule has 6 aliphatic heterocycles. The van der Waals surface area contributed by atoms with Crippen molar-refractivity contribution in [2.45, 2.75) is 224 Å². The van der Waals surface area contributed by atoms with Gasteiger partial charge in [0.2, 0.25) is 17.7 Å². The van der Waals surface area contributed by atoms with Gasteiger partial charge in [0.15, 0.2) is 31.5 Å². The molecule has 0 aromatic rings. The maximum absolute atomic E-state index is 13.2. The zero-order valence-electron chi connectivity index (χ0n) is 43.7. The van der Waals surface area contributed by atoms with Crippen LogP contribution in [-0.4, -0.2) is 338 Å². The number of aliphatic carboxylic acids is 1. The van der Waals surface area contributed by atoms with E-state index < -0.39 is 253 Å². The molecule has 6 heterocycles. The third kappa shape index (κ3) is 14.5. The van der Waals surface area contributed by atoms with Crippen LogP contribution in [0.3, 0.4) is 0 Å². The van der Waals surface area contributed by atoms with Gasteiger partial charge in [-0.25, -0.2) is 4.79 Å². The first-order valence-corrected chi connectivity index (χ1v) is 25.6. The molecule has 31 atom stereocenters. The van der Waals surface area contributed by atoms with E-state index in [0.29, 0.717) is 0 Å². The van der Waals surface area contributed by atoms with Crippen LogP contribution >= 0.6 is 0 Å². The second kappa shape index (κ2) is 28.3. The first-order valence-electron chi connectivity index (χ1n) is 25.6. The van der Waals surface area contributed by atoms with E-state index in [4.69, 9.17) is 52.1 Å². The summed E-state index contributed by atoms with van der Waals surface area (Å²) in [5, 5.41) is 203. The predicted octanol–water partition coefficient (Wildman–Crippen LogP) is -13.4. The molecule has 6 fully saturated rings. The molecule has 0 aromatic carbocycles. The van der Waals surface area contributed by atoms with Crippen LogP contribution in [0.1, 0.15) is 34.1 Å². The first kappa shape index (κ1) is 66.9. The lowest BCUT2D eigenvalue weighted by molar-refractivity contribution is -0.398. The largest absolute Gasteiger partial charge is 0.477 e. The molecule has 36 heteroatoms. The SMILES string of the molecule is CC(=O)N[C@H]1[C@H](O[C@H]2[C@@H](O)[C@@H](CO)O[C@@H](O[C@H]3[C@@H](O)[C@@H](CO)OC(O)[C@@H]3NC(C)=O)[C@@H]2O)O[C@H](CO)[C@@H](O[C@@H]2O[C@H](CO)[C@H](O)[C@H](O[C@]3(C(=O)O)C[C@H](O)[C@@H](NC(C)=O)[C@H]([C@H](O)[C@H](O)CO)O3)[C@H]2O)[C@@H]1O[C@@H]1O[C@@H](C)[C@@H](O)[C@@H](O)[C@@H]1O. The molecule has 81 heavy (non-hydrogen) atoms. The van der Waals surface area contributed by atoms with Crippen LogP contribution in [0.2, 0.25) is 0 Å². The fourth-order valence-corrected chi connectivity index (χ4v) is 10.4. The highest BCUT2D eigenvalue weighted by atomic mass is 16.8. The molecular weight excluding hydrogens is 1110 g/mol. The van der Waals surface area contributed by atoms with Crippen LogP contribution < -0.4 is 16.0 Å². The number of amides is 3. The van der Waals surface area contributed by atoms with Gasteiger partial charge in [-0.15, -0.1) is 0 Å². The maximum atomic E-state index is 13.2. The third-order valence-electron chi connectivity index (χ3n) is 14.6. The Hall–Kier alpha value is -3.24. The zero-order valence-corrected chi connectivity index (χ0v) is 43.7. The molecule has 0 spiro atoms. The van der Waals surface area contributed by atoms with Crippen LogP contribution in [0.4, 0.5) is 0 Å². The Kier molecular flexibility index (Phi) is 23.4. The van der Waals surface area contributed by atoms with Gasteiger partial charge in [0.05, 0.1) is 51.3 Å². The van der Waals surface area contributed by atoms with E-state index in [1.54, 1.807) is 0 Å². The fourth-order valence-electron chi connectivity index (χ4n) is 10.4. The number of rotatable bonds is 21. The van der Waals surface area contributed by atoms with Crippen LogP contribution in [-0.2, 0) is 71.3 Å². The summed E-state index contributed by atoms with van der Waals surface area (Å²) in [6, 6.07) is -5.29. The van der Waals surface area contributed by atoms with Gasteiger partial charge in [0, 0.05) is 27.2 Å². The highest BCUT2D eigenvalue weighted by molar-refractivity contribution is 5.77. The average Bonchev–Trinajstić information content (AvgIpc) is 3.61. The van der Waals surface area contributed by atoms with E-state index >= 15 is 0 Å². The van der Waals surface area contributed by atoms with Crippen molar-refractivity contribution in [1.82, 2.24) is 16.0 Å². The van der Waals surface area contributed by atoms with Crippen LogP contribution in [0.15, 0.2) is 0 Å². The highest BCUT2D eigenvalue weighted by Crippen LogP contribution is 2.40. The van der Waals surface area contributed by atoms with Gasteiger partial charge < -0.3 is 160 Å². The molecule has 3 amide bonds. The van der Waals surface area contributed by atoms with Crippen molar-refractivity contribution in [3.63, 3.8) is 0 Å². The van der Waals surface area contributed by atoms with Gasteiger partial charge in [-0.3, -0.25) is 14.4 Å². The van der Waals surface area contributed by atoms with Gasteiger partial charge in [0.25, 0.3) is 5.79 Å². The summed E-state index contributed by atoms with van der Waals surface area (Å²) >= 11 is 0. The smallest absolute Gasteiger partial charge is 0.364 e. The van der Waals surface area contributed by atoms with Crippen molar-refractivity contribution in [3.8, 4) is 0 Å². The summed E-state index contributed by atoms with van der Waals surface area (Å²) in [4.78, 5) is 50.7. The topological polar surface area (TPSA) is 570 Å². The molecule has 6 rings (SSSR count). The standard InChI is InChI=1S/C45H75N3O33/c1-11-24(59)29(64)30(65)41(71-11)78-36-23(48-14(4)56)40(79-37-27(62)18(8-51)73-42(31(37)66)77-34-22(47-13(3)55)39(68)72-17(7-50)26(34)61)75-20(10-53)33(36)76-43-32(67)38(28(63)19(9-52)74-43)81-45(44(69)70)5-15(57)21(46-12(2)54)35(80-45)25(60)16(58)6-49/h11,15-43,49-53,57-68H,5-10H2,1-4H3,(H,46,54)(H,47,55)(H,48,56)(H,69,70)/t11-,15-,16+,17+,18+,19+,20+,21+,22+,23+,24+,25+,26-,27-,28-,29+,30-,31+,32+,33+,34+,35+,36+,37-,38-,39?,40-,41-,42-,43-,45-/m0/s1. The number of aliphatic hydroxyl groups excluding tert-OH is 17. The third-order valence-corrected chi connectivity index (χ3v) is 14.6. The first-order chi connectivity index (χ1) is 38.1. The number of carbonyl (C=O) groups is 4. The Bertz CT molecular complexity index is 2080. The number of carboxylic acids is 1. The zero-order chi connectivity index (χ0) is 60.3. The van der Waals surface area contributed by atoms with E-state index in [2.05, 4.69) is 16.0 Å². The molecule has 0 bridgehead atoms. The number of carbonyl (C=O) groups excluding carboxylic acids is 3. The molecule has 0 radical (unpaired) electrons. The van der Waals surface area contributed by atoms with E-state index in [1.807, 2.05) is 0 Å². The summed E-state index contributed by atoms with van der Waals surface area (Å²) in [5.41, 5.74) is 0. The van der Waals surface area contributed by atoms with E-state index in [-0.39, 0.29) is 0 Å². The molecule has 36 nitrogen and oxygen atoms in total. The molecule has 0 saturated carbocycles. The van der Waals surface area contributed by atoms with Crippen molar-refractivity contribution >= 4 is 23.7 Å². The van der Waals surface area contributed by atoms with Gasteiger partial charge >= 0.3 is 5.97 Å². The van der Waals surface area contributed by atoms with Crippen molar-refractivity contribution in [3.05, 3.63) is 0 Å². The second-order valence-electron chi connectivity index (χ2n) is 20.4. The van der Waals surface area contributed by atoms with Crippen LogP contribution in [0.5, 0.6) is 0 Å². The lowest BCUT2D eigenvalue weighted by Crippen LogP contribution is -2.72. The quantitative estimate of drug-likeness (QED) is 0.0507. The fraction of sp³-hybridized carbons (Fsp3) is 0.911. The molecule has 6 saturated heterocycles. The summed E-state index contributed by atoms with van der Waals surface area (Å²) < 4.78 is 64.2. The lowest BCUT2D eigenvalue weighted by atomic mass is 9.88. The highest BCUT2D eigenvalue weighted by Gasteiger charge is 2.62. The van der Waals surface area contributed by atoms with E-state index in [9.17, 15) is 111 Å². The van der Waals surface area contributed by atoms with Gasteiger partial charge in [0.1, 0.15) is 134 Å².